The van der Waals surface area contributed by atoms with Gasteiger partial charge in [-0.25, -0.2) is 9.79 Å². The third-order valence-corrected chi connectivity index (χ3v) is 2.81. The first-order valence-corrected chi connectivity index (χ1v) is 6.54. The molecule has 2 aromatic carbocycles. The zero-order chi connectivity index (χ0) is 15.2. The Kier molecular flexibility index (Phi) is 4.61. The maximum absolute atomic E-state index is 11.3. The third-order valence-electron chi connectivity index (χ3n) is 2.81. The number of aryl methyl sites for hydroxylation is 2. The standard InChI is InChI=1S/C17H16N2O2/c1-12-5-3-7-14(9-12)18-11-16(17(20)21)19-15-8-4-6-13(2)10-15/h3-11H,1-2H3,(H,20,21). The number of hydrogen-bond acceptors (Lipinski definition) is 3. The Bertz CT molecular complexity index is 718. The molecular formula is C17H16N2O2. The Morgan fingerprint density at radius 1 is 1.00 bits per heavy atom. The van der Waals surface area contributed by atoms with E-state index in [1.54, 1.807) is 6.07 Å². The maximum Gasteiger partial charge on any atom is 0.356 e. The van der Waals surface area contributed by atoms with Gasteiger partial charge in [0.25, 0.3) is 0 Å². The Morgan fingerprint density at radius 3 is 2.14 bits per heavy atom. The summed E-state index contributed by atoms with van der Waals surface area (Å²) in [6.45, 7) is 3.89. The van der Waals surface area contributed by atoms with Crippen molar-refractivity contribution in [2.75, 3.05) is 0 Å². The molecule has 0 atom stereocenters. The van der Waals surface area contributed by atoms with Gasteiger partial charge in [0.1, 0.15) is 0 Å². The third kappa shape index (κ3) is 4.38. The smallest absolute Gasteiger partial charge is 0.356 e. The monoisotopic (exact) mass is 280 g/mol. The van der Waals surface area contributed by atoms with Crippen LogP contribution in [0.25, 0.3) is 0 Å². The van der Waals surface area contributed by atoms with Crippen LogP contribution in [0, 0.1) is 13.8 Å². The summed E-state index contributed by atoms with van der Waals surface area (Å²) in [5, 5.41) is 9.21. The molecule has 106 valence electrons. The molecule has 0 heterocycles. The highest BCUT2D eigenvalue weighted by Gasteiger charge is 2.06. The van der Waals surface area contributed by atoms with Gasteiger partial charge in [0, 0.05) is 0 Å². The van der Waals surface area contributed by atoms with Crippen molar-refractivity contribution in [1.29, 1.82) is 0 Å². The van der Waals surface area contributed by atoms with Crippen LogP contribution in [0.3, 0.4) is 0 Å². The average Bonchev–Trinajstić information content (AvgIpc) is 2.43. The van der Waals surface area contributed by atoms with Crippen LogP contribution in [0.5, 0.6) is 0 Å². The molecule has 0 amide bonds. The summed E-state index contributed by atoms with van der Waals surface area (Å²) >= 11 is 0. The van der Waals surface area contributed by atoms with E-state index in [4.69, 9.17) is 0 Å². The molecule has 0 aliphatic rings. The van der Waals surface area contributed by atoms with Crippen LogP contribution >= 0.6 is 0 Å². The molecule has 21 heavy (non-hydrogen) atoms. The predicted molar refractivity (Wildman–Crippen MR) is 85.2 cm³/mol. The lowest BCUT2D eigenvalue weighted by molar-refractivity contribution is -0.129. The quantitative estimate of drug-likeness (QED) is 0.864. The number of carboxylic acids is 1. The summed E-state index contributed by atoms with van der Waals surface area (Å²) in [6.07, 6.45) is 1.28. The number of benzene rings is 2. The normalized spacial score (nSPS) is 11.8. The van der Waals surface area contributed by atoms with Crippen molar-refractivity contribution in [3.8, 4) is 0 Å². The minimum Gasteiger partial charge on any atom is -0.476 e. The lowest BCUT2D eigenvalue weighted by Gasteiger charge is -1.99. The maximum atomic E-state index is 11.3. The van der Waals surface area contributed by atoms with Gasteiger partial charge in [-0.2, -0.15) is 0 Å². The van der Waals surface area contributed by atoms with Crippen LogP contribution in [-0.4, -0.2) is 23.0 Å². The highest BCUT2D eigenvalue weighted by Crippen LogP contribution is 2.15. The first kappa shape index (κ1) is 14.7. The van der Waals surface area contributed by atoms with Crippen LogP contribution in [0.1, 0.15) is 11.1 Å². The Hall–Kier alpha value is -2.75. The SMILES string of the molecule is Cc1cccc(N=CC(=Nc2cccc(C)c2)C(=O)O)c1. The van der Waals surface area contributed by atoms with E-state index in [0.717, 1.165) is 11.1 Å². The van der Waals surface area contributed by atoms with Gasteiger partial charge in [-0.15, -0.1) is 0 Å². The molecule has 0 aromatic heterocycles. The first-order chi connectivity index (χ1) is 10.0. The lowest BCUT2D eigenvalue weighted by Crippen LogP contribution is -2.13. The average molecular weight is 280 g/mol. The van der Waals surface area contributed by atoms with Gasteiger partial charge in [0.05, 0.1) is 17.6 Å². The van der Waals surface area contributed by atoms with E-state index in [2.05, 4.69) is 9.98 Å². The molecule has 0 spiro atoms. The fourth-order valence-corrected chi connectivity index (χ4v) is 1.81. The molecule has 0 aliphatic heterocycles. The summed E-state index contributed by atoms with van der Waals surface area (Å²) in [5.41, 5.74) is 3.30. The molecule has 0 bridgehead atoms. The van der Waals surface area contributed by atoms with Gasteiger partial charge in [-0.1, -0.05) is 24.3 Å². The van der Waals surface area contributed by atoms with E-state index in [1.165, 1.54) is 6.21 Å². The van der Waals surface area contributed by atoms with Crippen molar-refractivity contribution in [1.82, 2.24) is 0 Å². The van der Waals surface area contributed by atoms with E-state index in [9.17, 15) is 9.90 Å². The zero-order valence-corrected chi connectivity index (χ0v) is 11.9. The van der Waals surface area contributed by atoms with Crippen LogP contribution in [0.15, 0.2) is 58.5 Å². The molecule has 0 fully saturated rings. The predicted octanol–water partition coefficient (Wildman–Crippen LogP) is 3.86. The summed E-state index contributed by atoms with van der Waals surface area (Å²) in [4.78, 5) is 19.5. The molecule has 4 heteroatoms. The van der Waals surface area contributed by atoms with Crippen molar-refractivity contribution in [3.63, 3.8) is 0 Å². The van der Waals surface area contributed by atoms with Crippen molar-refractivity contribution < 1.29 is 9.90 Å². The molecular weight excluding hydrogens is 264 g/mol. The van der Waals surface area contributed by atoms with E-state index in [0.29, 0.717) is 11.4 Å². The second-order valence-electron chi connectivity index (χ2n) is 4.74. The van der Waals surface area contributed by atoms with Crippen LogP contribution in [0.2, 0.25) is 0 Å². The molecule has 1 N–H and O–H groups in total. The Balaban J connectivity index is 2.30. The van der Waals surface area contributed by atoms with Crippen molar-refractivity contribution >= 4 is 29.3 Å². The number of nitrogens with zero attached hydrogens (tertiary/aromatic N) is 2. The molecule has 0 aliphatic carbocycles. The number of aliphatic imine (C=N–C) groups is 2. The van der Waals surface area contributed by atoms with E-state index < -0.39 is 5.97 Å². The fraction of sp³-hybridized carbons (Fsp3) is 0.118. The lowest BCUT2D eigenvalue weighted by atomic mass is 10.2. The largest absolute Gasteiger partial charge is 0.476 e. The van der Waals surface area contributed by atoms with Crippen LogP contribution in [0.4, 0.5) is 11.4 Å². The first-order valence-electron chi connectivity index (χ1n) is 6.54. The number of rotatable bonds is 4. The number of aliphatic carboxylic acids is 1. The fourth-order valence-electron chi connectivity index (χ4n) is 1.81. The van der Waals surface area contributed by atoms with Gasteiger partial charge in [0.15, 0.2) is 5.71 Å². The molecule has 0 saturated carbocycles. The van der Waals surface area contributed by atoms with Gasteiger partial charge in [-0.3, -0.25) is 4.99 Å². The van der Waals surface area contributed by atoms with Crippen LogP contribution < -0.4 is 0 Å². The Morgan fingerprint density at radius 2 is 1.57 bits per heavy atom. The molecule has 4 nitrogen and oxygen atoms in total. The van der Waals surface area contributed by atoms with Gasteiger partial charge < -0.3 is 5.11 Å². The topological polar surface area (TPSA) is 62.0 Å². The van der Waals surface area contributed by atoms with Crippen molar-refractivity contribution in [2.24, 2.45) is 9.98 Å². The van der Waals surface area contributed by atoms with E-state index in [-0.39, 0.29) is 5.71 Å². The Labute approximate surface area is 123 Å². The van der Waals surface area contributed by atoms with Gasteiger partial charge in [0.2, 0.25) is 0 Å². The summed E-state index contributed by atoms with van der Waals surface area (Å²) < 4.78 is 0. The number of carboxylic acid groups (broad SMARTS) is 1. The second kappa shape index (κ2) is 6.61. The minimum atomic E-state index is -1.10. The van der Waals surface area contributed by atoms with Gasteiger partial charge in [-0.05, 0) is 49.2 Å². The highest BCUT2D eigenvalue weighted by molar-refractivity contribution is 6.59. The summed E-state index contributed by atoms with van der Waals surface area (Å²) in [7, 11) is 0. The highest BCUT2D eigenvalue weighted by atomic mass is 16.4. The zero-order valence-electron chi connectivity index (χ0n) is 11.9. The number of carbonyl (C=O) groups is 1. The summed E-state index contributed by atoms with van der Waals surface area (Å²) in [6, 6.07) is 14.9. The van der Waals surface area contributed by atoms with Crippen molar-refractivity contribution in [2.45, 2.75) is 13.8 Å². The van der Waals surface area contributed by atoms with Crippen LogP contribution in [-0.2, 0) is 4.79 Å². The van der Waals surface area contributed by atoms with E-state index >= 15 is 0 Å². The summed E-state index contributed by atoms with van der Waals surface area (Å²) in [5.74, 6) is -1.10. The molecule has 0 unspecified atom stereocenters. The molecule has 2 rings (SSSR count). The molecule has 0 radical (unpaired) electrons. The minimum absolute atomic E-state index is 0.0953. The second-order valence-corrected chi connectivity index (χ2v) is 4.74. The van der Waals surface area contributed by atoms with Crippen molar-refractivity contribution in [3.05, 3.63) is 59.7 Å². The molecule has 0 saturated heterocycles. The molecule has 2 aromatic rings. The van der Waals surface area contributed by atoms with E-state index in [1.807, 2.05) is 56.3 Å². The number of hydrogen-bond donors (Lipinski definition) is 1. The van der Waals surface area contributed by atoms with Gasteiger partial charge >= 0.3 is 5.97 Å².